The third-order valence-electron chi connectivity index (χ3n) is 7.39. The number of aromatic nitrogens is 1. The van der Waals surface area contributed by atoms with Crippen molar-refractivity contribution in [2.75, 3.05) is 38.6 Å². The van der Waals surface area contributed by atoms with E-state index in [0.29, 0.717) is 29.3 Å². The summed E-state index contributed by atoms with van der Waals surface area (Å²) >= 11 is 6.05. The van der Waals surface area contributed by atoms with E-state index in [4.69, 9.17) is 21.3 Å². The molecule has 1 saturated carbocycles. The maximum Gasteiger partial charge on any atom is 0.307 e. The second-order valence-corrected chi connectivity index (χ2v) is 10.0. The van der Waals surface area contributed by atoms with Crippen molar-refractivity contribution >= 4 is 23.4 Å². The lowest BCUT2D eigenvalue weighted by Gasteiger charge is -2.23. The number of pyridine rings is 1. The van der Waals surface area contributed by atoms with Gasteiger partial charge < -0.3 is 20.3 Å². The molecule has 2 unspecified atom stereocenters. The van der Waals surface area contributed by atoms with E-state index < -0.39 is 0 Å². The molecule has 0 amide bonds. The van der Waals surface area contributed by atoms with E-state index in [1.54, 1.807) is 0 Å². The number of nitrogens with one attached hydrogen (secondary N) is 2. The normalized spacial score (nSPS) is 24.5. The number of carbonyl (C=O) groups is 1. The molecule has 3 heterocycles. The average Bonchev–Trinajstić information content (AvgIpc) is 3.27. The third-order valence-corrected chi connectivity index (χ3v) is 7.65. The summed E-state index contributed by atoms with van der Waals surface area (Å²) in [6, 6.07) is 12.6. The van der Waals surface area contributed by atoms with Gasteiger partial charge in [-0.25, -0.2) is 4.98 Å². The number of piperidine rings is 1. The van der Waals surface area contributed by atoms with Gasteiger partial charge in [-0.1, -0.05) is 29.8 Å². The Hall–Kier alpha value is -2.15. The lowest BCUT2D eigenvalue weighted by atomic mass is 10.0. The van der Waals surface area contributed by atoms with Crippen molar-refractivity contribution in [2.24, 2.45) is 11.8 Å². The van der Waals surface area contributed by atoms with Crippen LogP contribution in [0.5, 0.6) is 0 Å². The van der Waals surface area contributed by atoms with Gasteiger partial charge in [0.1, 0.15) is 5.82 Å². The topological polar surface area (TPSA) is 66.5 Å². The van der Waals surface area contributed by atoms with Crippen LogP contribution in [0.1, 0.15) is 42.1 Å². The minimum absolute atomic E-state index is 0.0394. The van der Waals surface area contributed by atoms with E-state index in [9.17, 15) is 4.79 Å². The van der Waals surface area contributed by atoms with E-state index >= 15 is 0 Å². The fourth-order valence-electron chi connectivity index (χ4n) is 5.49. The number of benzene rings is 1. The molecule has 2 N–H and O–H groups in total. The fraction of sp³-hybridized carbons (Fsp3) is 0.538. The molecule has 4 atom stereocenters. The van der Waals surface area contributed by atoms with Crippen molar-refractivity contribution in [1.82, 2.24) is 15.2 Å². The van der Waals surface area contributed by atoms with Crippen molar-refractivity contribution in [3.8, 4) is 0 Å². The molecule has 6 nitrogen and oxygen atoms in total. The van der Waals surface area contributed by atoms with Crippen LogP contribution in [0.4, 0.5) is 5.82 Å². The molecule has 3 aliphatic rings. The maximum absolute atomic E-state index is 12.0. The summed E-state index contributed by atoms with van der Waals surface area (Å²) in [6.45, 7) is 4.42. The zero-order valence-corrected chi connectivity index (χ0v) is 20.0. The molecule has 0 spiro atoms. The second-order valence-electron chi connectivity index (χ2n) is 9.61. The van der Waals surface area contributed by atoms with Gasteiger partial charge in [0.15, 0.2) is 0 Å². The van der Waals surface area contributed by atoms with Crippen LogP contribution in [0.15, 0.2) is 36.4 Å². The van der Waals surface area contributed by atoms with Crippen LogP contribution < -0.4 is 10.6 Å². The van der Waals surface area contributed by atoms with Gasteiger partial charge in [0.05, 0.1) is 13.5 Å². The number of halogens is 1. The largest absolute Gasteiger partial charge is 0.469 e. The SMILES string of the molecule is COC(=O)CC(NC1[C@H]2CN(CCCc3ccc4c(n3)NCCC4)C[C@@H]12)c1ccc(Cl)cc1. The molecule has 33 heavy (non-hydrogen) atoms. The summed E-state index contributed by atoms with van der Waals surface area (Å²) in [4.78, 5) is 19.4. The van der Waals surface area contributed by atoms with E-state index in [-0.39, 0.29) is 12.0 Å². The van der Waals surface area contributed by atoms with Crippen molar-refractivity contribution < 1.29 is 9.53 Å². The van der Waals surface area contributed by atoms with E-state index in [1.165, 1.54) is 24.8 Å². The van der Waals surface area contributed by atoms with Crippen LogP contribution in [0, 0.1) is 11.8 Å². The molecule has 5 rings (SSSR count). The minimum atomic E-state index is -0.194. The Morgan fingerprint density at radius 1 is 1.24 bits per heavy atom. The molecule has 176 valence electrons. The first-order chi connectivity index (χ1) is 16.1. The first kappa shape index (κ1) is 22.6. The predicted octanol–water partition coefficient (Wildman–Crippen LogP) is 3.85. The highest BCUT2D eigenvalue weighted by atomic mass is 35.5. The van der Waals surface area contributed by atoms with Crippen molar-refractivity contribution in [1.29, 1.82) is 0 Å². The molecule has 7 heteroatoms. The Bertz CT molecular complexity index is 971. The number of carbonyl (C=O) groups excluding carboxylic acids is 1. The van der Waals surface area contributed by atoms with Gasteiger partial charge in [-0.05, 0) is 73.4 Å². The third kappa shape index (κ3) is 5.34. The quantitative estimate of drug-likeness (QED) is 0.545. The Morgan fingerprint density at radius 3 is 2.79 bits per heavy atom. The summed E-state index contributed by atoms with van der Waals surface area (Å²) in [5.41, 5.74) is 3.63. The minimum Gasteiger partial charge on any atom is -0.469 e. The number of fused-ring (bicyclic) bond motifs is 2. The van der Waals surface area contributed by atoms with Crippen LogP contribution in [0.2, 0.25) is 5.02 Å². The number of aryl methyl sites for hydroxylation is 2. The molecule has 2 fully saturated rings. The van der Waals surface area contributed by atoms with Gasteiger partial charge >= 0.3 is 5.97 Å². The van der Waals surface area contributed by atoms with Gasteiger partial charge in [-0.15, -0.1) is 0 Å². The molecule has 1 saturated heterocycles. The zero-order valence-electron chi connectivity index (χ0n) is 19.2. The molecule has 2 aliphatic heterocycles. The summed E-state index contributed by atoms with van der Waals surface area (Å²) in [5.74, 6) is 2.24. The number of rotatable bonds is 9. The summed E-state index contributed by atoms with van der Waals surface area (Å²) < 4.78 is 4.93. The average molecular weight is 469 g/mol. The Kier molecular flexibility index (Phi) is 6.86. The highest BCUT2D eigenvalue weighted by Crippen LogP contribution is 2.46. The lowest BCUT2D eigenvalue weighted by molar-refractivity contribution is -0.141. The summed E-state index contributed by atoms with van der Waals surface area (Å²) in [5, 5.41) is 7.88. The molecule has 0 radical (unpaired) electrons. The number of likely N-dealkylation sites (tertiary alicyclic amines) is 1. The first-order valence-corrected chi connectivity index (χ1v) is 12.5. The van der Waals surface area contributed by atoms with Gasteiger partial charge in [-0.2, -0.15) is 0 Å². The number of ether oxygens (including phenoxy) is 1. The maximum atomic E-state index is 12.0. The lowest BCUT2D eigenvalue weighted by Crippen LogP contribution is -2.34. The molecule has 1 aliphatic carbocycles. The van der Waals surface area contributed by atoms with Crippen LogP contribution in [-0.2, 0) is 22.4 Å². The molecular formula is C26H33ClN4O2. The molecule has 1 aromatic carbocycles. The molecule has 0 bridgehead atoms. The van der Waals surface area contributed by atoms with Crippen LogP contribution >= 0.6 is 11.6 Å². The first-order valence-electron chi connectivity index (χ1n) is 12.1. The summed E-state index contributed by atoms with van der Waals surface area (Å²) in [6.07, 6.45) is 4.84. The van der Waals surface area contributed by atoms with Crippen LogP contribution in [-0.4, -0.2) is 55.2 Å². The highest BCUT2D eigenvalue weighted by Gasteiger charge is 2.55. The van der Waals surface area contributed by atoms with Gasteiger partial charge in [-0.3, -0.25) is 4.79 Å². The predicted molar refractivity (Wildman–Crippen MR) is 131 cm³/mol. The summed E-state index contributed by atoms with van der Waals surface area (Å²) in [7, 11) is 1.45. The molecule has 2 aromatic rings. The van der Waals surface area contributed by atoms with Crippen molar-refractivity contribution in [3.63, 3.8) is 0 Å². The smallest absolute Gasteiger partial charge is 0.307 e. The number of hydrogen-bond acceptors (Lipinski definition) is 6. The van der Waals surface area contributed by atoms with Gasteiger partial charge in [0, 0.05) is 42.4 Å². The number of hydrogen-bond donors (Lipinski definition) is 2. The number of methoxy groups -OCH3 is 1. The van der Waals surface area contributed by atoms with Crippen LogP contribution in [0.25, 0.3) is 0 Å². The Balaban J connectivity index is 1.09. The van der Waals surface area contributed by atoms with E-state index in [1.807, 2.05) is 24.3 Å². The molecular weight excluding hydrogens is 436 g/mol. The van der Waals surface area contributed by atoms with Gasteiger partial charge in [0.2, 0.25) is 0 Å². The highest BCUT2D eigenvalue weighted by molar-refractivity contribution is 6.30. The number of nitrogens with zero attached hydrogens (tertiary/aromatic N) is 2. The second kappa shape index (κ2) is 10.00. The monoisotopic (exact) mass is 468 g/mol. The Labute approximate surface area is 201 Å². The van der Waals surface area contributed by atoms with E-state index in [2.05, 4.69) is 27.7 Å². The van der Waals surface area contributed by atoms with Crippen molar-refractivity contribution in [3.05, 3.63) is 58.2 Å². The Morgan fingerprint density at radius 2 is 2.03 bits per heavy atom. The van der Waals surface area contributed by atoms with Crippen molar-refractivity contribution in [2.45, 2.75) is 44.2 Å². The zero-order chi connectivity index (χ0) is 22.8. The molecule has 1 aromatic heterocycles. The fourth-order valence-corrected chi connectivity index (χ4v) is 5.61. The van der Waals surface area contributed by atoms with E-state index in [0.717, 1.165) is 56.8 Å². The standard InChI is InChI=1S/C26H33ClN4O2/c1-33-24(32)14-23(17-6-9-19(27)10-7-17)30-25-21-15-31(16-22(21)25)13-3-5-20-11-8-18-4-2-12-28-26(18)29-20/h6-11,21-23,25,30H,2-5,12-16H2,1H3,(H,28,29)/t21-,22+,23?,25?. The van der Waals surface area contributed by atoms with Gasteiger partial charge in [0.25, 0.3) is 0 Å². The number of esters is 1. The number of anilines is 1. The van der Waals surface area contributed by atoms with Crippen LogP contribution in [0.3, 0.4) is 0 Å².